The van der Waals surface area contributed by atoms with Crippen molar-refractivity contribution in [1.29, 1.82) is 0 Å². The van der Waals surface area contributed by atoms with E-state index < -0.39 is 5.97 Å². The first kappa shape index (κ1) is 14.3. The van der Waals surface area contributed by atoms with Crippen LogP contribution in [-0.2, 0) is 16.0 Å². The molecule has 5 heteroatoms. The maximum absolute atomic E-state index is 12.0. The molecule has 0 unspecified atom stereocenters. The summed E-state index contributed by atoms with van der Waals surface area (Å²) in [7, 11) is 1.32. The molecule has 0 spiro atoms. The van der Waals surface area contributed by atoms with Gasteiger partial charge in [0.2, 0.25) is 5.91 Å². The molecule has 1 aromatic heterocycles. The zero-order chi connectivity index (χ0) is 14.5. The average Bonchev–Trinajstić information content (AvgIpc) is 2.85. The molecular weight excluding hydrogens is 274 g/mol. The van der Waals surface area contributed by atoms with Crippen molar-refractivity contribution >= 4 is 28.2 Å². The van der Waals surface area contributed by atoms with E-state index in [-0.39, 0.29) is 12.3 Å². The molecule has 1 aromatic carbocycles. The number of amides is 1. The summed E-state index contributed by atoms with van der Waals surface area (Å²) in [5.74, 6) is -0.597. The highest BCUT2D eigenvalue weighted by Gasteiger charge is 2.15. The number of methoxy groups -OCH3 is 1. The first-order chi connectivity index (χ1) is 9.60. The first-order valence-corrected chi connectivity index (χ1v) is 6.99. The Bertz CT molecular complexity index is 634. The van der Waals surface area contributed by atoms with Crippen molar-refractivity contribution in [2.75, 3.05) is 12.4 Å². The van der Waals surface area contributed by atoms with Gasteiger partial charge >= 0.3 is 5.97 Å². The number of carbonyl (C=O) groups is 2. The number of thiophene rings is 1. The molecule has 0 saturated carbocycles. The summed E-state index contributed by atoms with van der Waals surface area (Å²) in [6.45, 7) is 1.98. The van der Waals surface area contributed by atoms with Crippen LogP contribution < -0.4 is 5.32 Å². The van der Waals surface area contributed by atoms with Crippen molar-refractivity contribution < 1.29 is 14.3 Å². The second-order valence-electron chi connectivity index (χ2n) is 4.37. The number of carbonyl (C=O) groups excluding carboxylic acids is 2. The summed E-state index contributed by atoms with van der Waals surface area (Å²) >= 11 is 1.30. The highest BCUT2D eigenvalue weighted by Crippen LogP contribution is 2.24. The normalized spacial score (nSPS) is 10.1. The number of nitrogens with one attached hydrogen (secondary N) is 1. The Morgan fingerprint density at radius 3 is 2.80 bits per heavy atom. The standard InChI is InChI=1S/C15H15NO3S/c1-10-4-3-5-11(8-10)9-13(17)16-14-12(6-7-20-14)15(18)19-2/h3-8H,9H2,1-2H3,(H,16,17). The molecule has 1 amide bonds. The van der Waals surface area contributed by atoms with Gasteiger partial charge in [0.1, 0.15) is 5.00 Å². The highest BCUT2D eigenvalue weighted by molar-refractivity contribution is 7.14. The highest BCUT2D eigenvalue weighted by atomic mass is 32.1. The van der Waals surface area contributed by atoms with E-state index >= 15 is 0 Å². The van der Waals surface area contributed by atoms with Gasteiger partial charge in [-0.3, -0.25) is 4.79 Å². The van der Waals surface area contributed by atoms with Crippen LogP contribution in [0.4, 0.5) is 5.00 Å². The number of hydrogen-bond acceptors (Lipinski definition) is 4. The van der Waals surface area contributed by atoms with Crippen molar-refractivity contribution in [3.63, 3.8) is 0 Å². The van der Waals surface area contributed by atoms with E-state index in [1.807, 2.05) is 31.2 Å². The molecule has 0 atom stereocenters. The van der Waals surface area contributed by atoms with E-state index in [1.54, 1.807) is 11.4 Å². The van der Waals surface area contributed by atoms with Crippen molar-refractivity contribution in [2.24, 2.45) is 0 Å². The van der Waals surface area contributed by atoms with Gasteiger partial charge in [-0.05, 0) is 23.9 Å². The van der Waals surface area contributed by atoms with Gasteiger partial charge in [-0.2, -0.15) is 0 Å². The predicted octanol–water partition coefficient (Wildman–Crippen LogP) is 3.02. The molecule has 20 heavy (non-hydrogen) atoms. The third-order valence-electron chi connectivity index (χ3n) is 2.77. The smallest absolute Gasteiger partial charge is 0.340 e. The molecule has 104 valence electrons. The van der Waals surface area contributed by atoms with Gasteiger partial charge in [0.15, 0.2) is 0 Å². The van der Waals surface area contributed by atoms with Crippen LogP contribution in [0.3, 0.4) is 0 Å². The van der Waals surface area contributed by atoms with Crippen LogP contribution in [0, 0.1) is 6.92 Å². The number of esters is 1. The molecule has 0 saturated heterocycles. The molecule has 2 aromatic rings. The van der Waals surface area contributed by atoms with Crippen LogP contribution >= 0.6 is 11.3 Å². The molecule has 1 N–H and O–H groups in total. The van der Waals surface area contributed by atoms with Gasteiger partial charge < -0.3 is 10.1 Å². The molecule has 0 aliphatic rings. The average molecular weight is 289 g/mol. The van der Waals surface area contributed by atoms with E-state index in [0.717, 1.165) is 11.1 Å². The van der Waals surface area contributed by atoms with Gasteiger partial charge in [0.05, 0.1) is 19.1 Å². The maximum Gasteiger partial charge on any atom is 0.340 e. The van der Waals surface area contributed by atoms with Crippen LogP contribution in [0.2, 0.25) is 0 Å². The lowest BCUT2D eigenvalue weighted by atomic mass is 10.1. The monoisotopic (exact) mass is 289 g/mol. The summed E-state index contributed by atoms with van der Waals surface area (Å²) in [6, 6.07) is 9.41. The summed E-state index contributed by atoms with van der Waals surface area (Å²) in [4.78, 5) is 23.5. The number of benzene rings is 1. The largest absolute Gasteiger partial charge is 0.465 e. The lowest BCUT2D eigenvalue weighted by Gasteiger charge is -2.06. The Kier molecular flexibility index (Phi) is 4.53. The van der Waals surface area contributed by atoms with Crippen LogP contribution in [0.15, 0.2) is 35.7 Å². The zero-order valence-electron chi connectivity index (χ0n) is 11.3. The zero-order valence-corrected chi connectivity index (χ0v) is 12.1. The van der Waals surface area contributed by atoms with Crippen molar-refractivity contribution in [2.45, 2.75) is 13.3 Å². The lowest BCUT2D eigenvalue weighted by molar-refractivity contribution is -0.115. The van der Waals surface area contributed by atoms with E-state index in [4.69, 9.17) is 0 Å². The van der Waals surface area contributed by atoms with Crippen LogP contribution in [-0.4, -0.2) is 19.0 Å². The van der Waals surface area contributed by atoms with Gasteiger partial charge in [0.25, 0.3) is 0 Å². The first-order valence-electron chi connectivity index (χ1n) is 6.11. The van der Waals surface area contributed by atoms with Crippen molar-refractivity contribution in [3.8, 4) is 0 Å². The van der Waals surface area contributed by atoms with Crippen molar-refractivity contribution in [3.05, 3.63) is 52.4 Å². The van der Waals surface area contributed by atoms with Crippen molar-refractivity contribution in [1.82, 2.24) is 0 Å². The van der Waals surface area contributed by atoms with E-state index in [1.165, 1.54) is 18.4 Å². The quantitative estimate of drug-likeness (QED) is 0.880. The fraction of sp³-hybridized carbons (Fsp3) is 0.200. The molecule has 1 heterocycles. The fourth-order valence-corrected chi connectivity index (χ4v) is 2.65. The van der Waals surface area contributed by atoms with E-state index in [9.17, 15) is 9.59 Å². The molecule has 0 aliphatic carbocycles. The Morgan fingerprint density at radius 1 is 1.30 bits per heavy atom. The maximum atomic E-state index is 12.0. The molecule has 4 nitrogen and oxygen atoms in total. The fourth-order valence-electron chi connectivity index (χ4n) is 1.86. The Hall–Kier alpha value is -2.14. The number of aryl methyl sites for hydroxylation is 1. The Morgan fingerprint density at radius 2 is 2.10 bits per heavy atom. The minimum absolute atomic E-state index is 0.150. The molecule has 0 radical (unpaired) electrons. The molecule has 0 bridgehead atoms. The van der Waals surface area contributed by atoms with E-state index in [0.29, 0.717) is 10.6 Å². The molecule has 0 fully saturated rings. The third-order valence-corrected chi connectivity index (χ3v) is 3.60. The Balaban J connectivity index is 2.05. The van der Waals surface area contributed by atoms with Gasteiger partial charge in [-0.1, -0.05) is 29.8 Å². The third kappa shape index (κ3) is 3.45. The summed E-state index contributed by atoms with van der Waals surface area (Å²) in [6.07, 6.45) is 0.278. The second kappa shape index (κ2) is 6.34. The number of anilines is 1. The predicted molar refractivity (Wildman–Crippen MR) is 79.2 cm³/mol. The number of rotatable bonds is 4. The van der Waals surface area contributed by atoms with Gasteiger partial charge in [-0.15, -0.1) is 11.3 Å². The van der Waals surface area contributed by atoms with Gasteiger partial charge in [-0.25, -0.2) is 4.79 Å². The molecule has 2 rings (SSSR count). The summed E-state index contributed by atoms with van der Waals surface area (Å²) in [5, 5.41) is 5.02. The number of hydrogen-bond donors (Lipinski definition) is 1. The molecule has 0 aliphatic heterocycles. The van der Waals surface area contributed by atoms with Gasteiger partial charge in [0, 0.05) is 0 Å². The number of ether oxygens (including phenoxy) is 1. The summed E-state index contributed by atoms with van der Waals surface area (Å²) < 4.78 is 4.67. The minimum Gasteiger partial charge on any atom is -0.465 e. The minimum atomic E-state index is -0.447. The Labute approximate surface area is 121 Å². The van der Waals surface area contributed by atoms with Crippen LogP contribution in [0.25, 0.3) is 0 Å². The molecular formula is C15H15NO3S. The lowest BCUT2D eigenvalue weighted by Crippen LogP contribution is -2.15. The topological polar surface area (TPSA) is 55.4 Å². The van der Waals surface area contributed by atoms with Crippen LogP contribution in [0.5, 0.6) is 0 Å². The van der Waals surface area contributed by atoms with Crippen LogP contribution in [0.1, 0.15) is 21.5 Å². The second-order valence-corrected chi connectivity index (χ2v) is 5.29. The SMILES string of the molecule is COC(=O)c1ccsc1NC(=O)Cc1cccc(C)c1. The van der Waals surface area contributed by atoms with E-state index in [2.05, 4.69) is 10.1 Å². The summed E-state index contributed by atoms with van der Waals surface area (Å²) in [5.41, 5.74) is 2.44.